The average molecular weight is 229 g/mol. The number of nitrogens with one attached hydrogen (secondary N) is 1. The molecule has 2 heterocycles. The summed E-state index contributed by atoms with van der Waals surface area (Å²) in [4.78, 5) is 5.49. The fourth-order valence-corrected chi connectivity index (χ4v) is 2.07. The number of nitrogens with zero attached hydrogens (tertiary/aromatic N) is 2. The maximum absolute atomic E-state index is 8.70. The molecule has 0 aliphatic heterocycles. The highest BCUT2D eigenvalue weighted by molar-refractivity contribution is 7.09. The van der Waals surface area contributed by atoms with Gasteiger partial charge in [-0.3, -0.25) is 0 Å². The molecule has 0 amide bonds. The molecule has 0 aliphatic carbocycles. The van der Waals surface area contributed by atoms with Crippen LogP contribution >= 0.6 is 11.3 Å². The van der Waals surface area contributed by atoms with Gasteiger partial charge in [0.25, 0.3) is 0 Å². The molecule has 1 N–H and O–H groups in total. The molecule has 3 nitrogen and oxygen atoms in total. The van der Waals surface area contributed by atoms with Gasteiger partial charge in [-0.25, -0.2) is 4.98 Å². The van der Waals surface area contributed by atoms with Crippen molar-refractivity contribution >= 4 is 17.2 Å². The maximum atomic E-state index is 8.70. The molecule has 0 spiro atoms. The largest absolute Gasteiger partial charge is 0.370 e. The van der Waals surface area contributed by atoms with Crippen molar-refractivity contribution in [1.82, 2.24) is 4.98 Å². The van der Waals surface area contributed by atoms with E-state index in [1.807, 2.05) is 18.2 Å². The van der Waals surface area contributed by atoms with Gasteiger partial charge in [0.15, 0.2) is 0 Å². The molecule has 4 heteroatoms. The van der Waals surface area contributed by atoms with Crippen molar-refractivity contribution in [3.8, 4) is 6.07 Å². The number of thiophene rings is 1. The quantitative estimate of drug-likeness (QED) is 0.876. The minimum absolute atomic E-state index is 0.445. The highest BCUT2D eigenvalue weighted by Crippen LogP contribution is 2.10. The number of anilines is 1. The zero-order chi connectivity index (χ0) is 11.2. The van der Waals surface area contributed by atoms with Crippen LogP contribution in [0, 0.1) is 11.3 Å². The van der Waals surface area contributed by atoms with E-state index in [9.17, 15) is 0 Å². The molecule has 0 saturated carbocycles. The Kier molecular flexibility index (Phi) is 3.52. The molecular weight excluding hydrogens is 218 g/mol. The summed E-state index contributed by atoms with van der Waals surface area (Å²) in [5.41, 5.74) is 0.445. The van der Waals surface area contributed by atoms with E-state index in [-0.39, 0.29) is 0 Å². The van der Waals surface area contributed by atoms with Crippen LogP contribution in [0.1, 0.15) is 10.6 Å². The molecule has 2 aromatic rings. The second-order valence-corrected chi connectivity index (χ2v) is 4.31. The van der Waals surface area contributed by atoms with E-state index in [0.29, 0.717) is 5.69 Å². The van der Waals surface area contributed by atoms with Gasteiger partial charge in [0.2, 0.25) is 0 Å². The molecule has 0 saturated heterocycles. The lowest BCUT2D eigenvalue weighted by Crippen LogP contribution is -2.05. The van der Waals surface area contributed by atoms with Crippen LogP contribution in [0.3, 0.4) is 0 Å². The smallest absolute Gasteiger partial charge is 0.142 e. The molecule has 0 aliphatic rings. The molecule has 0 unspecified atom stereocenters. The summed E-state index contributed by atoms with van der Waals surface area (Å²) >= 11 is 1.75. The first-order valence-corrected chi connectivity index (χ1v) is 5.90. The van der Waals surface area contributed by atoms with Crippen LogP contribution in [0.4, 0.5) is 5.82 Å². The lowest BCUT2D eigenvalue weighted by atomic mass is 10.3. The van der Waals surface area contributed by atoms with E-state index in [1.165, 1.54) is 4.88 Å². The van der Waals surface area contributed by atoms with E-state index in [2.05, 4.69) is 27.8 Å². The Hall–Kier alpha value is -1.86. The Balaban J connectivity index is 1.88. The third-order valence-electron chi connectivity index (χ3n) is 2.12. The Morgan fingerprint density at radius 3 is 3.00 bits per heavy atom. The summed E-state index contributed by atoms with van der Waals surface area (Å²) in [5, 5.41) is 14.0. The Labute approximate surface area is 98.4 Å². The standard InChI is InChI=1S/C12H11N3S/c13-9-10-3-1-5-12(15-10)14-7-6-11-4-2-8-16-11/h1-5,8H,6-7H2,(H,14,15). The van der Waals surface area contributed by atoms with Crippen molar-refractivity contribution in [3.05, 3.63) is 46.3 Å². The minimum atomic E-state index is 0.445. The van der Waals surface area contributed by atoms with Gasteiger partial charge in [-0.15, -0.1) is 11.3 Å². The summed E-state index contributed by atoms with van der Waals surface area (Å²) in [5.74, 6) is 0.760. The molecular formula is C12H11N3S. The Morgan fingerprint density at radius 2 is 2.25 bits per heavy atom. The highest BCUT2D eigenvalue weighted by Gasteiger charge is 1.97. The van der Waals surface area contributed by atoms with E-state index in [0.717, 1.165) is 18.8 Å². The maximum Gasteiger partial charge on any atom is 0.142 e. The lowest BCUT2D eigenvalue weighted by Gasteiger charge is -2.03. The van der Waals surface area contributed by atoms with Gasteiger partial charge in [-0.1, -0.05) is 12.1 Å². The first kappa shape index (κ1) is 10.7. The molecule has 2 aromatic heterocycles. The summed E-state index contributed by atoms with van der Waals surface area (Å²) < 4.78 is 0. The van der Waals surface area contributed by atoms with Crippen molar-refractivity contribution < 1.29 is 0 Å². The normalized spacial score (nSPS) is 9.69. The Bertz CT molecular complexity index is 485. The number of rotatable bonds is 4. The predicted octanol–water partition coefficient (Wildman–Crippen LogP) is 2.67. The molecule has 0 atom stereocenters. The second-order valence-electron chi connectivity index (χ2n) is 3.28. The van der Waals surface area contributed by atoms with Gasteiger partial charge < -0.3 is 5.32 Å². The number of hydrogen-bond acceptors (Lipinski definition) is 4. The summed E-state index contributed by atoms with van der Waals surface area (Å²) in [6.45, 7) is 0.836. The average Bonchev–Trinajstić information content (AvgIpc) is 2.82. The zero-order valence-electron chi connectivity index (χ0n) is 8.68. The summed E-state index contributed by atoms with van der Waals surface area (Å²) in [6, 6.07) is 11.6. The zero-order valence-corrected chi connectivity index (χ0v) is 9.50. The van der Waals surface area contributed by atoms with Crippen molar-refractivity contribution in [1.29, 1.82) is 5.26 Å². The molecule has 0 bridgehead atoms. The Morgan fingerprint density at radius 1 is 1.31 bits per heavy atom. The molecule has 80 valence electrons. The monoisotopic (exact) mass is 229 g/mol. The first-order chi connectivity index (χ1) is 7.88. The van der Waals surface area contributed by atoms with E-state index in [1.54, 1.807) is 17.4 Å². The van der Waals surface area contributed by atoms with Crippen LogP contribution in [-0.4, -0.2) is 11.5 Å². The van der Waals surface area contributed by atoms with Gasteiger partial charge in [0.1, 0.15) is 17.6 Å². The van der Waals surface area contributed by atoms with Crippen LogP contribution in [0.25, 0.3) is 0 Å². The van der Waals surface area contributed by atoms with Crippen LogP contribution < -0.4 is 5.32 Å². The van der Waals surface area contributed by atoms with E-state index >= 15 is 0 Å². The fourth-order valence-electron chi connectivity index (χ4n) is 1.36. The summed E-state index contributed by atoms with van der Waals surface area (Å²) in [6.07, 6.45) is 0.982. The van der Waals surface area contributed by atoms with Gasteiger partial charge in [-0.05, 0) is 30.0 Å². The first-order valence-electron chi connectivity index (χ1n) is 5.02. The molecule has 0 aromatic carbocycles. The van der Waals surface area contributed by atoms with Gasteiger partial charge in [0, 0.05) is 11.4 Å². The number of pyridine rings is 1. The number of aromatic nitrogens is 1. The van der Waals surface area contributed by atoms with Crippen LogP contribution in [0.2, 0.25) is 0 Å². The second kappa shape index (κ2) is 5.29. The van der Waals surface area contributed by atoms with E-state index < -0.39 is 0 Å². The third kappa shape index (κ3) is 2.81. The summed E-state index contributed by atoms with van der Waals surface area (Å²) in [7, 11) is 0. The van der Waals surface area contributed by atoms with Crippen molar-refractivity contribution in [2.75, 3.05) is 11.9 Å². The van der Waals surface area contributed by atoms with E-state index in [4.69, 9.17) is 5.26 Å². The highest BCUT2D eigenvalue weighted by atomic mass is 32.1. The van der Waals surface area contributed by atoms with Crippen molar-refractivity contribution in [2.45, 2.75) is 6.42 Å². The van der Waals surface area contributed by atoms with Gasteiger partial charge in [0.05, 0.1) is 0 Å². The fraction of sp³-hybridized carbons (Fsp3) is 0.167. The van der Waals surface area contributed by atoms with Crippen LogP contribution in [-0.2, 0) is 6.42 Å². The third-order valence-corrected chi connectivity index (χ3v) is 3.06. The molecule has 0 radical (unpaired) electrons. The van der Waals surface area contributed by atoms with Gasteiger partial charge >= 0.3 is 0 Å². The van der Waals surface area contributed by atoms with Gasteiger partial charge in [-0.2, -0.15) is 5.26 Å². The van der Waals surface area contributed by atoms with Crippen molar-refractivity contribution in [2.24, 2.45) is 0 Å². The molecule has 2 rings (SSSR count). The molecule has 16 heavy (non-hydrogen) atoms. The van der Waals surface area contributed by atoms with Crippen LogP contribution in [0.15, 0.2) is 35.7 Å². The number of hydrogen-bond donors (Lipinski definition) is 1. The SMILES string of the molecule is N#Cc1cccc(NCCc2cccs2)n1. The predicted molar refractivity (Wildman–Crippen MR) is 65.5 cm³/mol. The van der Waals surface area contributed by atoms with Crippen molar-refractivity contribution in [3.63, 3.8) is 0 Å². The molecule has 0 fully saturated rings. The lowest BCUT2D eigenvalue weighted by molar-refractivity contribution is 1.03. The number of nitriles is 1. The topological polar surface area (TPSA) is 48.7 Å². The van der Waals surface area contributed by atoms with Crippen LogP contribution in [0.5, 0.6) is 0 Å². The minimum Gasteiger partial charge on any atom is -0.370 e.